The molecule has 11 N–H and O–H groups in total. The Morgan fingerprint density at radius 3 is 1.72 bits per heavy atom. The summed E-state index contributed by atoms with van der Waals surface area (Å²) in [6.45, 7) is 1.70. The lowest BCUT2D eigenvalue weighted by Crippen LogP contribution is -2.64. The molecule has 0 saturated carbocycles. The molecule has 3 aliphatic heterocycles. The maximum Gasteiger partial charge on any atom is 0.335 e. The van der Waals surface area contributed by atoms with Crippen molar-refractivity contribution >= 4 is 24.1 Å². The first-order chi connectivity index (χ1) is 23.5. The number of carbonyl (C=O) groups is 4. The SMILES string of the molecule is CCC(O)CC(O)C(CC=O)CC1OC(C(=O)NC)C(CC2OC(C(=O)O)C(CC3OC(C(=O)O)C(OC)C(O)C3O)C(O)C2O)C(O)C1O. The predicted octanol–water partition coefficient (Wildman–Crippen LogP) is -4.49. The highest BCUT2D eigenvalue weighted by atomic mass is 16.6. The van der Waals surface area contributed by atoms with Crippen LogP contribution in [0, 0.1) is 17.8 Å². The fourth-order valence-corrected chi connectivity index (χ4v) is 7.20. The third-order valence-electron chi connectivity index (χ3n) is 10.2. The zero-order valence-corrected chi connectivity index (χ0v) is 28.0. The van der Waals surface area contributed by atoms with Crippen LogP contribution in [0.2, 0.25) is 0 Å². The van der Waals surface area contributed by atoms with Crippen molar-refractivity contribution in [2.45, 2.75) is 137 Å². The molecule has 0 aromatic rings. The summed E-state index contributed by atoms with van der Waals surface area (Å²) in [5, 5.41) is 108. The lowest BCUT2D eigenvalue weighted by Gasteiger charge is -2.48. The van der Waals surface area contributed by atoms with Crippen LogP contribution in [0.15, 0.2) is 0 Å². The van der Waals surface area contributed by atoms with E-state index in [1.807, 2.05) is 0 Å². The molecule has 3 aliphatic rings. The number of aliphatic hydroxyl groups is 8. The second kappa shape index (κ2) is 18.4. The zero-order chi connectivity index (χ0) is 37.6. The van der Waals surface area contributed by atoms with E-state index in [1.54, 1.807) is 6.92 Å². The third-order valence-corrected chi connectivity index (χ3v) is 10.2. The normalized spacial score (nSPS) is 41.1. The fourth-order valence-electron chi connectivity index (χ4n) is 7.20. The number of likely N-dealkylation sites (N-methyl/N-ethyl adjacent to an activating group) is 1. The molecule has 18 atom stereocenters. The van der Waals surface area contributed by atoms with Crippen molar-refractivity contribution in [3.05, 3.63) is 0 Å². The minimum atomic E-state index is -1.91. The molecule has 0 aromatic heterocycles. The number of carboxylic acid groups (broad SMARTS) is 2. The second-order valence-corrected chi connectivity index (χ2v) is 13.3. The largest absolute Gasteiger partial charge is 0.479 e. The van der Waals surface area contributed by atoms with E-state index in [-0.39, 0.29) is 19.3 Å². The van der Waals surface area contributed by atoms with E-state index < -0.39 is 140 Å². The molecule has 18 unspecified atom stereocenters. The average Bonchev–Trinajstić information content (AvgIpc) is 3.07. The first-order valence-corrected chi connectivity index (χ1v) is 16.6. The van der Waals surface area contributed by atoms with Gasteiger partial charge in [0.1, 0.15) is 42.9 Å². The van der Waals surface area contributed by atoms with Crippen LogP contribution in [0.4, 0.5) is 0 Å². The molecule has 0 aliphatic carbocycles. The number of aliphatic carboxylic acids is 2. The van der Waals surface area contributed by atoms with Gasteiger partial charge in [0, 0.05) is 32.4 Å². The van der Waals surface area contributed by atoms with Crippen molar-refractivity contribution in [1.29, 1.82) is 0 Å². The van der Waals surface area contributed by atoms with Gasteiger partial charge in [-0.25, -0.2) is 9.59 Å². The molecule has 0 radical (unpaired) electrons. The molecular formula is C31H51NO18. The summed E-state index contributed by atoms with van der Waals surface area (Å²) < 4.78 is 22.0. The van der Waals surface area contributed by atoms with Crippen LogP contribution in [0.1, 0.15) is 45.4 Å². The summed E-state index contributed by atoms with van der Waals surface area (Å²) in [5.41, 5.74) is 0. The van der Waals surface area contributed by atoms with E-state index in [0.717, 1.165) is 7.11 Å². The van der Waals surface area contributed by atoms with Crippen LogP contribution >= 0.6 is 0 Å². The smallest absolute Gasteiger partial charge is 0.335 e. The number of hydrogen-bond donors (Lipinski definition) is 11. The molecule has 0 bridgehead atoms. The average molecular weight is 726 g/mol. The van der Waals surface area contributed by atoms with Gasteiger partial charge in [0.05, 0.1) is 42.7 Å². The first kappa shape index (κ1) is 42.0. The van der Waals surface area contributed by atoms with Gasteiger partial charge in [0.2, 0.25) is 5.91 Å². The number of nitrogens with one attached hydrogen (secondary N) is 1. The van der Waals surface area contributed by atoms with Gasteiger partial charge in [-0.15, -0.1) is 0 Å². The zero-order valence-electron chi connectivity index (χ0n) is 28.0. The third kappa shape index (κ3) is 9.33. The van der Waals surface area contributed by atoms with Crippen molar-refractivity contribution in [1.82, 2.24) is 5.32 Å². The standard InChI is InChI=1S/C31H51NO18/c1-4-12(34)8-15(35)11(5-6-33)7-16-21(38)19(36)13(25(48-16)29(42)32-2)9-17-22(39)20(37)14(26(49-17)30(43)44)10-18-23(40)24(41)27(47-3)28(50-18)31(45)46/h6,11-28,34-41H,4-5,7-10H2,1-3H3,(H,32,42)(H,43,44)(H,45,46). The van der Waals surface area contributed by atoms with Crippen molar-refractivity contribution in [2.75, 3.05) is 14.2 Å². The van der Waals surface area contributed by atoms with Crippen molar-refractivity contribution in [2.24, 2.45) is 17.8 Å². The van der Waals surface area contributed by atoms with E-state index in [2.05, 4.69) is 5.32 Å². The number of aldehydes is 1. The molecule has 3 heterocycles. The second-order valence-electron chi connectivity index (χ2n) is 13.3. The van der Waals surface area contributed by atoms with Gasteiger partial charge in [-0.05, 0) is 38.0 Å². The molecule has 1 amide bonds. The van der Waals surface area contributed by atoms with Gasteiger partial charge in [0.25, 0.3) is 0 Å². The van der Waals surface area contributed by atoms with Crippen molar-refractivity contribution in [3.8, 4) is 0 Å². The molecule has 3 saturated heterocycles. The predicted molar refractivity (Wildman–Crippen MR) is 164 cm³/mol. The highest BCUT2D eigenvalue weighted by molar-refractivity contribution is 5.81. The van der Waals surface area contributed by atoms with Gasteiger partial charge in [0.15, 0.2) is 12.2 Å². The summed E-state index contributed by atoms with van der Waals surface area (Å²) in [6.07, 6.45) is -24.7. The Bertz CT molecular complexity index is 1140. The lowest BCUT2D eigenvalue weighted by molar-refractivity contribution is -0.255. The number of hydrogen-bond acceptors (Lipinski definition) is 16. The number of rotatable bonds is 16. The van der Waals surface area contributed by atoms with E-state index in [0.29, 0.717) is 12.7 Å². The number of aliphatic hydroxyl groups excluding tert-OH is 8. The highest BCUT2D eigenvalue weighted by Crippen LogP contribution is 2.40. The monoisotopic (exact) mass is 725 g/mol. The minimum Gasteiger partial charge on any atom is -0.479 e. The molecule has 19 nitrogen and oxygen atoms in total. The van der Waals surface area contributed by atoms with E-state index in [4.69, 9.17) is 18.9 Å². The van der Waals surface area contributed by atoms with Crippen molar-refractivity contribution < 1.29 is 89.2 Å². The molecule has 19 heteroatoms. The van der Waals surface area contributed by atoms with Crippen LogP contribution in [-0.2, 0) is 38.1 Å². The minimum absolute atomic E-state index is 0.0763. The number of amides is 1. The van der Waals surface area contributed by atoms with Gasteiger partial charge in [-0.1, -0.05) is 6.92 Å². The number of carboxylic acids is 2. The van der Waals surface area contributed by atoms with Gasteiger partial charge in [-0.3, -0.25) is 4.79 Å². The number of methoxy groups -OCH3 is 1. The Kier molecular flexibility index (Phi) is 15.4. The summed E-state index contributed by atoms with van der Waals surface area (Å²) in [5.74, 6) is -7.65. The summed E-state index contributed by atoms with van der Waals surface area (Å²) in [6, 6.07) is 0. The Hall–Kier alpha value is -2.40. The molecule has 50 heavy (non-hydrogen) atoms. The molecule has 288 valence electrons. The molecular weight excluding hydrogens is 674 g/mol. The van der Waals surface area contributed by atoms with Crippen LogP contribution in [-0.4, -0.2) is 181 Å². The first-order valence-electron chi connectivity index (χ1n) is 16.6. The molecule has 3 rings (SSSR count). The van der Waals surface area contributed by atoms with E-state index in [9.17, 15) is 70.2 Å². The Labute approximate surface area is 287 Å². The van der Waals surface area contributed by atoms with Gasteiger partial charge >= 0.3 is 11.9 Å². The molecule has 0 spiro atoms. The Morgan fingerprint density at radius 2 is 1.24 bits per heavy atom. The fraction of sp³-hybridized carbons (Fsp3) is 0.871. The number of carbonyl (C=O) groups excluding carboxylic acids is 2. The Morgan fingerprint density at radius 1 is 0.760 bits per heavy atom. The maximum atomic E-state index is 13.0. The maximum absolute atomic E-state index is 13.0. The van der Waals surface area contributed by atoms with E-state index >= 15 is 0 Å². The molecule has 3 fully saturated rings. The highest BCUT2D eigenvalue weighted by Gasteiger charge is 2.55. The summed E-state index contributed by atoms with van der Waals surface area (Å²) in [4.78, 5) is 48.5. The van der Waals surface area contributed by atoms with Crippen molar-refractivity contribution in [3.63, 3.8) is 0 Å². The summed E-state index contributed by atoms with van der Waals surface area (Å²) in [7, 11) is 2.36. The number of ether oxygens (including phenoxy) is 4. The molecule has 0 aromatic carbocycles. The van der Waals surface area contributed by atoms with Crippen LogP contribution < -0.4 is 5.32 Å². The summed E-state index contributed by atoms with van der Waals surface area (Å²) >= 11 is 0. The quantitative estimate of drug-likeness (QED) is 0.0668. The van der Waals surface area contributed by atoms with Gasteiger partial charge in [-0.2, -0.15) is 0 Å². The topological polar surface area (TPSA) is 320 Å². The van der Waals surface area contributed by atoms with Gasteiger partial charge < -0.3 is 80.1 Å². The Balaban J connectivity index is 1.82. The van der Waals surface area contributed by atoms with Crippen LogP contribution in [0.5, 0.6) is 0 Å². The lowest BCUT2D eigenvalue weighted by atomic mass is 9.75. The van der Waals surface area contributed by atoms with E-state index in [1.165, 1.54) is 7.05 Å². The van der Waals surface area contributed by atoms with Crippen LogP contribution in [0.3, 0.4) is 0 Å². The van der Waals surface area contributed by atoms with Crippen LogP contribution in [0.25, 0.3) is 0 Å².